The van der Waals surface area contributed by atoms with Gasteiger partial charge in [-0.1, -0.05) is 60.7 Å². The van der Waals surface area contributed by atoms with Crippen molar-refractivity contribution in [1.29, 1.82) is 0 Å². The average molecular weight is 326 g/mol. The highest BCUT2D eigenvalue weighted by atomic mass is 16.6. The average Bonchev–Trinajstić information content (AvgIpc) is 3.03. The number of benzene rings is 2. The van der Waals surface area contributed by atoms with Crippen LogP contribution in [0.4, 0.5) is 0 Å². The van der Waals surface area contributed by atoms with Crippen LogP contribution >= 0.6 is 0 Å². The van der Waals surface area contributed by atoms with E-state index >= 15 is 0 Å². The summed E-state index contributed by atoms with van der Waals surface area (Å²) < 4.78 is 4.87. The van der Waals surface area contributed by atoms with E-state index in [4.69, 9.17) is 4.74 Å². The Labute approximate surface area is 139 Å². The van der Waals surface area contributed by atoms with E-state index in [0.29, 0.717) is 0 Å². The molecule has 1 aliphatic rings. The Bertz CT molecular complexity index is 720. The lowest BCUT2D eigenvalue weighted by Crippen LogP contribution is -2.37. The molecule has 1 aliphatic heterocycles. The first-order chi connectivity index (χ1) is 11.6. The summed E-state index contributed by atoms with van der Waals surface area (Å²) in [6.07, 6.45) is 0. The van der Waals surface area contributed by atoms with Crippen LogP contribution in [0.5, 0.6) is 0 Å². The summed E-state index contributed by atoms with van der Waals surface area (Å²) in [5, 5.41) is 15.0. The van der Waals surface area contributed by atoms with Gasteiger partial charge in [0.25, 0.3) is 0 Å². The highest BCUT2D eigenvalue weighted by molar-refractivity contribution is 5.78. The Kier molecular flexibility index (Phi) is 4.57. The molecule has 0 bridgehead atoms. The van der Waals surface area contributed by atoms with Crippen molar-refractivity contribution in [1.82, 2.24) is 5.32 Å². The van der Waals surface area contributed by atoms with Crippen molar-refractivity contribution >= 4 is 5.97 Å². The summed E-state index contributed by atoms with van der Waals surface area (Å²) >= 11 is 0. The largest absolute Gasteiger partial charge is 0.468 e. The van der Waals surface area contributed by atoms with Gasteiger partial charge in [0.15, 0.2) is 0 Å². The minimum absolute atomic E-state index is 0.300. The van der Waals surface area contributed by atoms with Crippen molar-refractivity contribution in [3.05, 3.63) is 81.9 Å². The molecule has 24 heavy (non-hydrogen) atoms. The zero-order valence-corrected chi connectivity index (χ0v) is 13.2. The molecular weight excluding hydrogens is 308 g/mol. The number of nitrogens with zero attached hydrogens (tertiary/aromatic N) is 1. The predicted octanol–water partition coefficient (Wildman–Crippen LogP) is 2.30. The number of rotatable bonds is 4. The van der Waals surface area contributed by atoms with Gasteiger partial charge < -0.3 is 4.74 Å². The van der Waals surface area contributed by atoms with Crippen LogP contribution in [0.2, 0.25) is 0 Å². The molecule has 0 saturated carbocycles. The van der Waals surface area contributed by atoms with Gasteiger partial charge in [-0.2, -0.15) is 0 Å². The number of nitrogens with one attached hydrogen (secondary N) is 1. The van der Waals surface area contributed by atoms with Gasteiger partial charge in [-0.25, -0.2) is 0 Å². The molecule has 2 aromatic rings. The Hall–Kier alpha value is -2.73. The maximum Gasteiger partial charge on any atom is 0.323 e. The predicted molar refractivity (Wildman–Crippen MR) is 88.1 cm³/mol. The van der Waals surface area contributed by atoms with Crippen molar-refractivity contribution in [3.8, 4) is 0 Å². The molecule has 0 spiro atoms. The zero-order valence-electron chi connectivity index (χ0n) is 13.2. The first-order valence-corrected chi connectivity index (χ1v) is 7.70. The van der Waals surface area contributed by atoms with E-state index in [1.165, 1.54) is 7.11 Å². The van der Waals surface area contributed by atoms with E-state index in [9.17, 15) is 14.9 Å². The molecule has 0 amide bonds. The Morgan fingerprint density at radius 1 is 1.04 bits per heavy atom. The van der Waals surface area contributed by atoms with Crippen LogP contribution < -0.4 is 5.32 Å². The van der Waals surface area contributed by atoms with Crippen molar-refractivity contribution in [2.45, 2.75) is 24.0 Å². The first-order valence-electron chi connectivity index (χ1n) is 7.70. The van der Waals surface area contributed by atoms with Crippen molar-refractivity contribution < 1.29 is 14.5 Å². The van der Waals surface area contributed by atoms with Crippen LogP contribution in [-0.2, 0) is 9.53 Å². The van der Waals surface area contributed by atoms with Crippen LogP contribution in [0.25, 0.3) is 0 Å². The molecule has 1 saturated heterocycles. The van der Waals surface area contributed by atoms with Crippen LogP contribution in [0.1, 0.15) is 23.1 Å². The lowest BCUT2D eigenvalue weighted by molar-refractivity contribution is -0.527. The molecule has 3 rings (SSSR count). The number of carbonyl (C=O) groups is 1. The molecular formula is C18H18N2O4. The number of methoxy groups -OCH3 is 1. The number of carbonyl (C=O) groups excluding carboxylic acids is 1. The topological polar surface area (TPSA) is 81.5 Å². The number of hydrogen-bond donors (Lipinski definition) is 1. The normalized spacial score (nSPS) is 26.0. The Balaban J connectivity index is 2.07. The van der Waals surface area contributed by atoms with Gasteiger partial charge in [-0.3, -0.25) is 20.2 Å². The lowest BCUT2D eigenvalue weighted by atomic mass is 9.85. The molecule has 0 unspecified atom stereocenters. The van der Waals surface area contributed by atoms with E-state index in [1.54, 1.807) is 0 Å². The third-order valence-corrected chi connectivity index (χ3v) is 4.47. The molecule has 0 aromatic heterocycles. The molecule has 6 nitrogen and oxygen atoms in total. The third-order valence-electron chi connectivity index (χ3n) is 4.47. The minimum atomic E-state index is -0.959. The SMILES string of the molecule is COC(=O)[C@@H]1N[C@H](c2ccccc2)[C@@H]([N+](=O)[O-])[C@H]1c1ccccc1. The maximum atomic E-state index is 12.2. The van der Waals surface area contributed by atoms with Gasteiger partial charge in [0.05, 0.1) is 13.0 Å². The molecule has 1 fully saturated rings. The lowest BCUT2D eigenvalue weighted by Gasteiger charge is -2.19. The van der Waals surface area contributed by atoms with Crippen LogP contribution in [0.3, 0.4) is 0 Å². The first kappa shape index (κ1) is 16.1. The molecule has 6 heteroatoms. The molecule has 1 N–H and O–H groups in total. The molecule has 0 radical (unpaired) electrons. The van der Waals surface area contributed by atoms with Gasteiger partial charge in [0.2, 0.25) is 6.04 Å². The van der Waals surface area contributed by atoms with Crippen LogP contribution in [-0.4, -0.2) is 30.1 Å². The number of esters is 1. The highest BCUT2D eigenvalue weighted by Crippen LogP contribution is 2.40. The molecule has 4 atom stereocenters. The summed E-state index contributed by atoms with van der Waals surface area (Å²) in [6, 6.07) is 16.0. The van der Waals surface area contributed by atoms with Gasteiger partial charge >= 0.3 is 5.97 Å². The molecule has 1 heterocycles. The molecule has 0 aliphatic carbocycles. The number of hydrogen-bond acceptors (Lipinski definition) is 5. The fourth-order valence-electron chi connectivity index (χ4n) is 3.41. The van der Waals surface area contributed by atoms with E-state index in [2.05, 4.69) is 5.32 Å². The maximum absolute atomic E-state index is 12.2. The second-order valence-corrected chi connectivity index (χ2v) is 5.77. The second-order valence-electron chi connectivity index (χ2n) is 5.77. The summed E-state index contributed by atoms with van der Waals surface area (Å²) in [7, 11) is 1.29. The standard InChI is InChI=1S/C18H18N2O4/c1-24-18(21)16-14(12-8-4-2-5-9-12)17(20(22)23)15(19-16)13-10-6-3-7-11-13/h2-11,14-17,19H,1H3/t14-,15+,16+,17-/m0/s1. The monoisotopic (exact) mass is 326 g/mol. The molecule has 124 valence electrons. The Morgan fingerprint density at radius 2 is 1.58 bits per heavy atom. The van der Waals surface area contributed by atoms with Gasteiger partial charge in [-0.05, 0) is 11.1 Å². The van der Waals surface area contributed by atoms with Gasteiger partial charge in [0.1, 0.15) is 12.1 Å². The fourth-order valence-corrected chi connectivity index (χ4v) is 3.41. The summed E-state index contributed by atoms with van der Waals surface area (Å²) in [6.45, 7) is 0. The summed E-state index contributed by atoms with van der Waals surface area (Å²) in [4.78, 5) is 23.8. The van der Waals surface area contributed by atoms with Crippen LogP contribution in [0, 0.1) is 10.1 Å². The third kappa shape index (κ3) is 2.88. The smallest absolute Gasteiger partial charge is 0.323 e. The van der Waals surface area contributed by atoms with E-state index in [0.717, 1.165) is 11.1 Å². The number of ether oxygens (including phenoxy) is 1. The Morgan fingerprint density at radius 3 is 2.08 bits per heavy atom. The second kappa shape index (κ2) is 6.80. The highest BCUT2D eigenvalue weighted by Gasteiger charge is 2.54. The van der Waals surface area contributed by atoms with Crippen molar-refractivity contribution in [2.24, 2.45) is 0 Å². The number of nitro groups is 1. The van der Waals surface area contributed by atoms with Gasteiger partial charge in [-0.15, -0.1) is 0 Å². The zero-order chi connectivity index (χ0) is 17.1. The van der Waals surface area contributed by atoms with Crippen LogP contribution in [0.15, 0.2) is 60.7 Å². The minimum Gasteiger partial charge on any atom is -0.468 e. The summed E-state index contributed by atoms with van der Waals surface area (Å²) in [5.74, 6) is -1.09. The fraction of sp³-hybridized carbons (Fsp3) is 0.278. The summed E-state index contributed by atoms with van der Waals surface area (Å²) in [5.41, 5.74) is 1.53. The van der Waals surface area contributed by atoms with Crippen molar-refractivity contribution in [3.63, 3.8) is 0 Å². The van der Waals surface area contributed by atoms with E-state index in [1.807, 2.05) is 60.7 Å². The quantitative estimate of drug-likeness (QED) is 0.530. The van der Waals surface area contributed by atoms with E-state index < -0.39 is 30.0 Å². The molecule has 2 aromatic carbocycles. The van der Waals surface area contributed by atoms with Gasteiger partial charge in [0, 0.05) is 4.92 Å². The van der Waals surface area contributed by atoms with E-state index in [-0.39, 0.29) is 4.92 Å². The van der Waals surface area contributed by atoms with Crippen molar-refractivity contribution in [2.75, 3.05) is 7.11 Å².